The number of ether oxygens (including phenoxy) is 1. The Morgan fingerprint density at radius 2 is 2.00 bits per heavy atom. The number of halogens is 1. The lowest BCUT2D eigenvalue weighted by Gasteiger charge is -2.30. The predicted octanol–water partition coefficient (Wildman–Crippen LogP) is 3.68. The Balaban J connectivity index is 2.96. The van der Waals surface area contributed by atoms with Crippen LogP contribution in [0.3, 0.4) is 0 Å². The number of phenols is 1. The van der Waals surface area contributed by atoms with Crippen molar-refractivity contribution in [3.63, 3.8) is 0 Å². The number of aromatic hydroxyl groups is 1. The van der Waals surface area contributed by atoms with Gasteiger partial charge in [-0.2, -0.15) is 0 Å². The molecule has 0 aliphatic heterocycles. The number of carbonyl (C=O) groups is 1. The zero-order valence-corrected chi connectivity index (χ0v) is 12.6. The zero-order valence-electron chi connectivity index (χ0n) is 12.6. The van der Waals surface area contributed by atoms with Crippen LogP contribution >= 0.6 is 0 Å². The molecule has 0 aliphatic carbocycles. The minimum atomic E-state index is -0.624. The Hall–Kier alpha value is -1.78. The molecule has 1 N–H and O–H groups in total. The summed E-state index contributed by atoms with van der Waals surface area (Å²) in [6.07, 6.45) is -0.532. The van der Waals surface area contributed by atoms with E-state index in [9.17, 15) is 14.3 Å². The highest BCUT2D eigenvalue weighted by Gasteiger charge is 2.25. The Morgan fingerprint density at radius 1 is 1.40 bits per heavy atom. The standard InChI is InChI=1S/C15H22FNO3/c1-10(2)17(14(19)20-15(3,4)5)9-11-12(16)7-6-8-13(11)18/h6-8,10,18H,9H2,1-5H3. The van der Waals surface area contributed by atoms with Crippen LogP contribution in [0.4, 0.5) is 9.18 Å². The Morgan fingerprint density at radius 3 is 2.45 bits per heavy atom. The van der Waals surface area contributed by atoms with Crippen molar-refractivity contribution in [3.05, 3.63) is 29.6 Å². The summed E-state index contributed by atoms with van der Waals surface area (Å²) in [7, 11) is 0. The second kappa shape index (κ2) is 6.11. The number of amides is 1. The van der Waals surface area contributed by atoms with Gasteiger partial charge in [0.1, 0.15) is 17.2 Å². The average Bonchev–Trinajstić information content (AvgIpc) is 2.25. The van der Waals surface area contributed by atoms with Crippen molar-refractivity contribution in [3.8, 4) is 5.75 Å². The Labute approximate surface area is 119 Å². The molecule has 0 fully saturated rings. The second-order valence-corrected chi connectivity index (χ2v) is 5.94. The van der Waals surface area contributed by atoms with Gasteiger partial charge < -0.3 is 14.7 Å². The van der Waals surface area contributed by atoms with E-state index in [-0.39, 0.29) is 23.9 Å². The van der Waals surface area contributed by atoms with E-state index in [4.69, 9.17) is 4.74 Å². The molecule has 0 radical (unpaired) electrons. The lowest BCUT2D eigenvalue weighted by atomic mass is 10.1. The van der Waals surface area contributed by atoms with Gasteiger partial charge in [-0.25, -0.2) is 9.18 Å². The van der Waals surface area contributed by atoms with Gasteiger partial charge in [0, 0.05) is 11.6 Å². The summed E-state index contributed by atoms with van der Waals surface area (Å²) >= 11 is 0. The maximum absolute atomic E-state index is 13.7. The molecule has 20 heavy (non-hydrogen) atoms. The summed E-state index contributed by atoms with van der Waals surface area (Å²) in [6, 6.07) is 3.89. The van der Waals surface area contributed by atoms with E-state index in [1.165, 1.54) is 23.1 Å². The third-order valence-corrected chi connectivity index (χ3v) is 2.67. The molecule has 0 aliphatic rings. The molecular formula is C15H22FNO3. The summed E-state index contributed by atoms with van der Waals surface area (Å²) in [5.74, 6) is -0.710. The molecule has 5 heteroatoms. The van der Waals surface area contributed by atoms with Crippen LogP contribution in [0.5, 0.6) is 5.75 Å². The lowest BCUT2D eigenvalue weighted by molar-refractivity contribution is 0.0169. The summed E-state index contributed by atoms with van der Waals surface area (Å²) in [5, 5.41) is 9.72. The molecule has 0 saturated carbocycles. The van der Waals surface area contributed by atoms with Gasteiger partial charge in [0.05, 0.1) is 6.54 Å². The van der Waals surface area contributed by atoms with E-state index in [1.54, 1.807) is 20.8 Å². The van der Waals surface area contributed by atoms with E-state index >= 15 is 0 Å². The predicted molar refractivity (Wildman–Crippen MR) is 75.0 cm³/mol. The van der Waals surface area contributed by atoms with Gasteiger partial charge in [0.15, 0.2) is 0 Å². The number of nitrogens with zero attached hydrogens (tertiary/aromatic N) is 1. The fourth-order valence-electron chi connectivity index (χ4n) is 1.65. The van der Waals surface area contributed by atoms with Gasteiger partial charge >= 0.3 is 6.09 Å². The Bertz CT molecular complexity index is 460. The third kappa shape index (κ3) is 4.40. The molecule has 1 rings (SSSR count). The number of phenolic OH excluding ortho intramolecular Hbond substituents is 1. The van der Waals surface area contributed by atoms with E-state index in [0.717, 1.165) is 0 Å². The van der Waals surface area contributed by atoms with Crippen LogP contribution in [0, 0.1) is 5.82 Å². The number of hydrogen-bond donors (Lipinski definition) is 1. The van der Waals surface area contributed by atoms with Gasteiger partial charge in [-0.05, 0) is 46.8 Å². The maximum Gasteiger partial charge on any atom is 0.410 e. The number of carbonyl (C=O) groups excluding carboxylic acids is 1. The molecule has 0 aromatic heterocycles. The van der Waals surface area contributed by atoms with Crippen molar-refractivity contribution in [2.24, 2.45) is 0 Å². The van der Waals surface area contributed by atoms with Crippen LogP contribution in [0.2, 0.25) is 0 Å². The molecule has 112 valence electrons. The Kier molecular flexibility index (Phi) is 4.98. The van der Waals surface area contributed by atoms with Crippen LogP contribution < -0.4 is 0 Å². The molecule has 0 bridgehead atoms. The first-order valence-corrected chi connectivity index (χ1v) is 6.58. The molecule has 1 amide bonds. The van der Waals surface area contributed by atoms with Crippen LogP contribution in [-0.2, 0) is 11.3 Å². The van der Waals surface area contributed by atoms with Gasteiger partial charge in [-0.3, -0.25) is 0 Å². The van der Waals surface area contributed by atoms with Crippen LogP contribution in [0.25, 0.3) is 0 Å². The summed E-state index contributed by atoms with van der Waals surface area (Å²) < 4.78 is 19.0. The number of benzene rings is 1. The topological polar surface area (TPSA) is 49.8 Å². The molecule has 0 unspecified atom stereocenters. The zero-order chi connectivity index (χ0) is 15.5. The average molecular weight is 283 g/mol. The normalized spacial score (nSPS) is 11.6. The van der Waals surface area contributed by atoms with Crippen molar-refractivity contribution < 1.29 is 19.0 Å². The highest BCUT2D eigenvalue weighted by atomic mass is 19.1. The van der Waals surface area contributed by atoms with E-state index < -0.39 is 17.5 Å². The van der Waals surface area contributed by atoms with Crippen LogP contribution in [0.15, 0.2) is 18.2 Å². The van der Waals surface area contributed by atoms with Crippen molar-refractivity contribution >= 4 is 6.09 Å². The van der Waals surface area contributed by atoms with Crippen molar-refractivity contribution in [2.45, 2.75) is 52.8 Å². The smallest absolute Gasteiger partial charge is 0.410 e. The highest BCUT2D eigenvalue weighted by molar-refractivity contribution is 5.68. The highest BCUT2D eigenvalue weighted by Crippen LogP contribution is 2.23. The van der Waals surface area contributed by atoms with E-state index in [2.05, 4.69) is 0 Å². The SMILES string of the molecule is CC(C)N(Cc1c(O)cccc1F)C(=O)OC(C)(C)C. The maximum atomic E-state index is 13.7. The fraction of sp³-hybridized carbons (Fsp3) is 0.533. The molecule has 0 spiro atoms. The summed E-state index contributed by atoms with van der Waals surface area (Å²) in [4.78, 5) is 13.5. The largest absolute Gasteiger partial charge is 0.507 e. The lowest BCUT2D eigenvalue weighted by Crippen LogP contribution is -2.40. The third-order valence-electron chi connectivity index (χ3n) is 2.67. The molecule has 0 saturated heterocycles. The molecular weight excluding hydrogens is 261 g/mol. The summed E-state index contributed by atoms with van der Waals surface area (Å²) in [6.45, 7) is 8.88. The van der Waals surface area contributed by atoms with Crippen molar-refractivity contribution in [1.82, 2.24) is 4.90 Å². The van der Waals surface area contributed by atoms with Gasteiger partial charge in [0.25, 0.3) is 0 Å². The minimum Gasteiger partial charge on any atom is -0.507 e. The van der Waals surface area contributed by atoms with Gasteiger partial charge in [0.2, 0.25) is 0 Å². The number of hydrogen-bond acceptors (Lipinski definition) is 3. The summed E-state index contributed by atoms with van der Waals surface area (Å²) in [5.41, 5.74) is -0.534. The molecule has 0 atom stereocenters. The second-order valence-electron chi connectivity index (χ2n) is 5.94. The van der Waals surface area contributed by atoms with E-state index in [1.807, 2.05) is 13.8 Å². The van der Waals surface area contributed by atoms with Gasteiger partial charge in [-0.15, -0.1) is 0 Å². The first-order chi connectivity index (χ1) is 9.11. The molecule has 1 aromatic carbocycles. The fourth-order valence-corrected chi connectivity index (χ4v) is 1.65. The van der Waals surface area contributed by atoms with Crippen molar-refractivity contribution in [1.29, 1.82) is 0 Å². The molecule has 1 aromatic rings. The quantitative estimate of drug-likeness (QED) is 0.920. The first kappa shape index (κ1) is 16.3. The van der Waals surface area contributed by atoms with Crippen LogP contribution in [0.1, 0.15) is 40.2 Å². The first-order valence-electron chi connectivity index (χ1n) is 6.58. The molecule has 0 heterocycles. The number of rotatable bonds is 3. The van der Waals surface area contributed by atoms with Crippen molar-refractivity contribution in [2.75, 3.05) is 0 Å². The van der Waals surface area contributed by atoms with Crippen LogP contribution in [-0.4, -0.2) is 27.7 Å². The minimum absolute atomic E-state index is 0.0366. The van der Waals surface area contributed by atoms with Gasteiger partial charge in [-0.1, -0.05) is 6.07 Å². The van der Waals surface area contributed by atoms with E-state index in [0.29, 0.717) is 0 Å². The molecule has 4 nitrogen and oxygen atoms in total. The monoisotopic (exact) mass is 283 g/mol.